The number of hydrogen-bond acceptors (Lipinski definition) is 4. The molecule has 0 radical (unpaired) electrons. The molecule has 0 spiro atoms. The molecule has 22 rings (SSSR count). The summed E-state index contributed by atoms with van der Waals surface area (Å²) >= 11 is 3.74. The van der Waals surface area contributed by atoms with Crippen LogP contribution in [-0.2, 0) is 10.8 Å². The first kappa shape index (κ1) is 70.6. The average molecular weight is 1540 g/mol. The molecule has 0 fully saturated rings. The van der Waals surface area contributed by atoms with Crippen LogP contribution < -0.4 is 9.80 Å². The third kappa shape index (κ3) is 12.2. The Morgan fingerprint density at radius 3 is 1.05 bits per heavy atom. The van der Waals surface area contributed by atoms with Crippen molar-refractivity contribution in [1.82, 2.24) is 0 Å². The van der Waals surface area contributed by atoms with Crippen molar-refractivity contribution in [3.8, 4) is 122 Å². The van der Waals surface area contributed by atoms with E-state index in [-0.39, 0.29) is 10.8 Å². The van der Waals surface area contributed by atoms with Crippen molar-refractivity contribution in [2.24, 2.45) is 0 Å². The summed E-state index contributed by atoms with van der Waals surface area (Å²) in [5.41, 5.74) is 38.1. The molecule has 0 saturated carbocycles. The quantitative estimate of drug-likeness (QED) is 0.101. The van der Waals surface area contributed by atoms with E-state index < -0.39 is 0 Å². The first-order valence-corrected chi connectivity index (χ1v) is 42.5. The Balaban J connectivity index is 0.602. The van der Waals surface area contributed by atoms with Crippen LogP contribution in [-0.4, -0.2) is 0 Å². The number of hydrogen-bond donors (Lipinski definition) is 0. The molecule has 2 aromatic heterocycles. The van der Waals surface area contributed by atoms with E-state index in [1.165, 1.54) is 168 Å². The van der Waals surface area contributed by atoms with E-state index in [9.17, 15) is 0 Å². The van der Waals surface area contributed by atoms with Gasteiger partial charge in [0.1, 0.15) is 0 Å². The monoisotopic (exact) mass is 1540 g/mol. The van der Waals surface area contributed by atoms with E-state index in [2.05, 4.69) is 450 Å². The Hall–Kier alpha value is -14.0. The van der Waals surface area contributed by atoms with Crippen molar-refractivity contribution in [2.45, 2.75) is 38.5 Å². The molecule has 0 amide bonds. The molecular formula is C114H80N2S2. The number of nitrogens with zero attached hydrogens (tertiary/aromatic N) is 2. The average Bonchev–Trinajstić information content (AvgIpc) is 1.57. The molecule has 2 aliphatic carbocycles. The highest BCUT2D eigenvalue weighted by atomic mass is 32.1. The molecule has 0 aliphatic heterocycles. The van der Waals surface area contributed by atoms with E-state index in [1.807, 2.05) is 22.7 Å². The predicted molar refractivity (Wildman–Crippen MR) is 506 cm³/mol. The summed E-state index contributed by atoms with van der Waals surface area (Å²) < 4.78 is 5.14. The van der Waals surface area contributed by atoms with Gasteiger partial charge in [-0.25, -0.2) is 0 Å². The Morgan fingerprint density at radius 2 is 0.492 bits per heavy atom. The maximum atomic E-state index is 2.52. The van der Waals surface area contributed by atoms with E-state index in [0.29, 0.717) is 0 Å². The zero-order valence-corrected chi connectivity index (χ0v) is 67.6. The van der Waals surface area contributed by atoms with Crippen molar-refractivity contribution in [1.29, 1.82) is 0 Å². The highest BCUT2D eigenvalue weighted by Crippen LogP contribution is 2.56. The second kappa shape index (κ2) is 28.5. The van der Waals surface area contributed by atoms with Gasteiger partial charge in [0.15, 0.2) is 0 Å². The molecule has 0 unspecified atom stereocenters. The van der Waals surface area contributed by atoms with Crippen molar-refractivity contribution >= 4 is 97.1 Å². The van der Waals surface area contributed by atoms with E-state index in [4.69, 9.17) is 0 Å². The van der Waals surface area contributed by atoms with Gasteiger partial charge in [0.25, 0.3) is 0 Å². The molecule has 20 aromatic rings. The highest BCUT2D eigenvalue weighted by molar-refractivity contribution is 7.26. The zero-order valence-electron chi connectivity index (χ0n) is 66.0. The highest BCUT2D eigenvalue weighted by Gasteiger charge is 2.39. The summed E-state index contributed by atoms with van der Waals surface area (Å²) in [6.45, 7) is 9.61. The molecule has 2 heterocycles. The van der Waals surface area contributed by atoms with Gasteiger partial charge in [0.05, 0.1) is 11.4 Å². The molecule has 118 heavy (non-hydrogen) atoms. The van der Waals surface area contributed by atoms with Crippen LogP contribution in [0.5, 0.6) is 0 Å². The first-order chi connectivity index (χ1) is 57.9. The fourth-order valence-electron chi connectivity index (χ4n) is 18.9. The van der Waals surface area contributed by atoms with E-state index in [0.717, 1.165) is 50.8 Å². The summed E-state index contributed by atoms with van der Waals surface area (Å²) in [5.74, 6) is 0. The fourth-order valence-corrected chi connectivity index (χ4v) is 21.1. The molecule has 18 aromatic carbocycles. The SMILES string of the molecule is CC1(C)c2cc(-c3ccc(-c4ccccc4)cc3)ccc2-c2ccc(N(c3ccc(-c4ccc5sc6cc(-c7ccc(N(c8cccc(-c9ccc%10sc%11ccccc%11c%10c9)c8)c8ccc9c(c8)C(C)(C)c8cc(-c%10ccc(-c%11ccccc%11)cc%10)ccc8-9)c(-c8ccccc8)c7)ccc6c5c4)cc3)c3ccccc3-c3ccccc3)cc21. The van der Waals surface area contributed by atoms with Gasteiger partial charge in [-0.2, -0.15) is 0 Å². The standard InChI is InChI=1S/C114H80N2S2/c1-113(2)103-68-86(77-40-36-75(37-41-77)73-22-9-5-10-23-73)46-56-94(103)96-59-54-91(71-105(96)113)115(107-34-19-17-32-93(107)80-26-13-7-14-27-80)89-52-44-79(45-53-89)83-50-62-111-102(66-83)99-58-48-88(70-112(99)118-111)84-49-61-108(100(65-84)81-28-15-8-16-29-81)116(90-31-21-30-82(64-90)85-51-63-110-101(67-85)98-33-18-20-35-109(98)117-110)92-55-60-97-95-57-47-87(69-104(95)114(3,4)106(97)72-92)78-42-38-76(39-43-78)74-24-11-6-12-25-74/h5-72H,1-4H3. The van der Waals surface area contributed by atoms with Crippen molar-refractivity contribution in [3.05, 3.63) is 435 Å². The van der Waals surface area contributed by atoms with Crippen LogP contribution in [0.1, 0.15) is 49.9 Å². The third-order valence-corrected chi connectivity index (χ3v) is 27.4. The van der Waals surface area contributed by atoms with Gasteiger partial charge in [0.2, 0.25) is 0 Å². The van der Waals surface area contributed by atoms with Crippen LogP contribution in [0, 0.1) is 0 Å². The Labute approximate surface area is 697 Å². The summed E-state index contributed by atoms with van der Waals surface area (Å²) in [6.07, 6.45) is 0. The number of para-hydroxylation sites is 1. The van der Waals surface area contributed by atoms with E-state index in [1.54, 1.807) is 0 Å². The van der Waals surface area contributed by atoms with Crippen LogP contribution in [0.25, 0.3) is 163 Å². The lowest BCUT2D eigenvalue weighted by molar-refractivity contribution is 0.660. The lowest BCUT2D eigenvalue weighted by Gasteiger charge is -2.30. The van der Waals surface area contributed by atoms with Crippen molar-refractivity contribution in [3.63, 3.8) is 0 Å². The van der Waals surface area contributed by atoms with Gasteiger partial charge in [-0.05, 0) is 249 Å². The van der Waals surface area contributed by atoms with Gasteiger partial charge in [0, 0.05) is 85.1 Å². The Morgan fingerprint density at radius 1 is 0.169 bits per heavy atom. The molecular weight excluding hydrogens is 1460 g/mol. The number of benzene rings is 18. The van der Waals surface area contributed by atoms with Gasteiger partial charge in [-0.15, -0.1) is 22.7 Å². The molecule has 2 aliphatic rings. The molecule has 0 saturated heterocycles. The second-order valence-corrected chi connectivity index (χ2v) is 34.9. The lowest BCUT2D eigenvalue weighted by Crippen LogP contribution is -2.17. The summed E-state index contributed by atoms with van der Waals surface area (Å²) in [6, 6.07) is 154. The maximum absolute atomic E-state index is 2.52. The topological polar surface area (TPSA) is 6.48 Å². The normalized spacial score (nSPS) is 12.9. The van der Waals surface area contributed by atoms with Crippen LogP contribution >= 0.6 is 22.7 Å². The number of fused-ring (bicyclic) bond motifs is 12. The summed E-state index contributed by atoms with van der Waals surface area (Å²) in [7, 11) is 0. The first-order valence-electron chi connectivity index (χ1n) is 40.9. The van der Waals surface area contributed by atoms with Gasteiger partial charge in [-0.1, -0.05) is 325 Å². The molecule has 0 bridgehead atoms. The largest absolute Gasteiger partial charge is 0.310 e. The minimum atomic E-state index is -0.292. The molecule has 558 valence electrons. The van der Waals surface area contributed by atoms with Crippen molar-refractivity contribution in [2.75, 3.05) is 9.80 Å². The van der Waals surface area contributed by atoms with Gasteiger partial charge in [-0.3, -0.25) is 0 Å². The molecule has 4 heteroatoms. The van der Waals surface area contributed by atoms with Crippen LogP contribution in [0.2, 0.25) is 0 Å². The number of rotatable bonds is 15. The molecule has 0 N–H and O–H groups in total. The van der Waals surface area contributed by atoms with Crippen LogP contribution in [0.3, 0.4) is 0 Å². The number of thiophene rings is 2. The smallest absolute Gasteiger partial charge is 0.0540 e. The fraction of sp³-hybridized carbons (Fsp3) is 0.0526. The van der Waals surface area contributed by atoms with Gasteiger partial charge >= 0.3 is 0 Å². The molecule has 0 atom stereocenters. The van der Waals surface area contributed by atoms with Gasteiger partial charge < -0.3 is 9.80 Å². The van der Waals surface area contributed by atoms with Crippen LogP contribution in [0.15, 0.2) is 413 Å². The Bertz CT molecular complexity index is 7320. The summed E-state index contributed by atoms with van der Waals surface area (Å²) in [5, 5.41) is 5.11. The second-order valence-electron chi connectivity index (χ2n) is 32.7. The minimum Gasteiger partial charge on any atom is -0.310 e. The minimum absolute atomic E-state index is 0.253. The zero-order chi connectivity index (χ0) is 78.7. The van der Waals surface area contributed by atoms with Crippen molar-refractivity contribution < 1.29 is 0 Å². The van der Waals surface area contributed by atoms with E-state index >= 15 is 0 Å². The van der Waals surface area contributed by atoms with Crippen LogP contribution in [0.4, 0.5) is 34.1 Å². The maximum Gasteiger partial charge on any atom is 0.0540 e. The Kier molecular flexibility index (Phi) is 17.0. The molecule has 2 nitrogen and oxygen atoms in total. The predicted octanol–water partition coefficient (Wildman–Crippen LogP) is 33.0. The lowest BCUT2D eigenvalue weighted by atomic mass is 9.81. The third-order valence-electron chi connectivity index (χ3n) is 25.1. The number of anilines is 6. The summed E-state index contributed by atoms with van der Waals surface area (Å²) in [4.78, 5) is 4.98.